The summed E-state index contributed by atoms with van der Waals surface area (Å²) in [5.74, 6) is 1.25. The highest BCUT2D eigenvalue weighted by atomic mass is 16.5. The molecule has 0 spiro atoms. The highest BCUT2D eigenvalue weighted by molar-refractivity contribution is 5.94. The van der Waals surface area contributed by atoms with Crippen LogP contribution in [0.2, 0.25) is 0 Å². The van der Waals surface area contributed by atoms with Crippen molar-refractivity contribution in [2.45, 2.75) is 63.6 Å². The molecule has 2 amide bonds. The molecule has 1 aliphatic heterocycles. The van der Waals surface area contributed by atoms with Crippen LogP contribution < -0.4 is 14.8 Å². The van der Waals surface area contributed by atoms with Crippen LogP contribution in [0.4, 0.5) is 0 Å². The molecule has 1 saturated carbocycles. The van der Waals surface area contributed by atoms with Gasteiger partial charge in [-0.15, -0.1) is 0 Å². The van der Waals surface area contributed by atoms with Crippen LogP contribution in [-0.4, -0.2) is 42.5 Å². The van der Waals surface area contributed by atoms with Crippen LogP contribution in [0.5, 0.6) is 11.5 Å². The smallest absolute Gasteiger partial charge is 0.245 e. The van der Waals surface area contributed by atoms with Crippen molar-refractivity contribution in [2.24, 2.45) is 0 Å². The topological polar surface area (TPSA) is 67.9 Å². The van der Waals surface area contributed by atoms with Crippen molar-refractivity contribution in [3.63, 3.8) is 0 Å². The maximum Gasteiger partial charge on any atom is 0.245 e. The Morgan fingerprint density at radius 1 is 1.23 bits per heavy atom. The van der Waals surface area contributed by atoms with Crippen LogP contribution in [-0.2, 0) is 16.1 Å². The highest BCUT2D eigenvalue weighted by Gasteiger charge is 2.47. The molecule has 6 heteroatoms. The van der Waals surface area contributed by atoms with Crippen molar-refractivity contribution in [2.75, 3.05) is 14.2 Å². The Balaban J connectivity index is 1.77. The van der Waals surface area contributed by atoms with E-state index in [1.54, 1.807) is 19.1 Å². The van der Waals surface area contributed by atoms with E-state index in [0.29, 0.717) is 30.9 Å². The molecule has 0 unspecified atom stereocenters. The van der Waals surface area contributed by atoms with E-state index < -0.39 is 5.54 Å². The lowest BCUT2D eigenvalue weighted by molar-refractivity contribution is -0.141. The molecular weight excluding hydrogens is 332 g/mol. The highest BCUT2D eigenvalue weighted by Crippen LogP contribution is 2.34. The third-order valence-electron chi connectivity index (χ3n) is 5.69. The fourth-order valence-electron chi connectivity index (χ4n) is 3.97. The summed E-state index contributed by atoms with van der Waals surface area (Å²) in [6.45, 7) is 2.26. The zero-order valence-corrected chi connectivity index (χ0v) is 15.8. The molecule has 1 heterocycles. The van der Waals surface area contributed by atoms with Gasteiger partial charge in [-0.3, -0.25) is 9.59 Å². The van der Waals surface area contributed by atoms with Gasteiger partial charge in [0.25, 0.3) is 0 Å². The minimum Gasteiger partial charge on any atom is -0.493 e. The molecule has 0 radical (unpaired) electrons. The number of nitrogens with one attached hydrogen (secondary N) is 1. The first-order valence-corrected chi connectivity index (χ1v) is 9.30. The van der Waals surface area contributed by atoms with Crippen LogP contribution in [0, 0.1) is 0 Å². The Morgan fingerprint density at radius 3 is 2.58 bits per heavy atom. The average molecular weight is 360 g/mol. The molecule has 1 atom stereocenters. The number of carbonyl (C=O) groups excluding carboxylic acids is 2. The summed E-state index contributed by atoms with van der Waals surface area (Å²) in [5.41, 5.74) is 0.116. The summed E-state index contributed by atoms with van der Waals surface area (Å²) in [6, 6.07) is 5.84. The average Bonchev–Trinajstić information content (AvgIpc) is 3.25. The zero-order valence-electron chi connectivity index (χ0n) is 15.8. The zero-order chi connectivity index (χ0) is 18.7. The second-order valence-corrected chi connectivity index (χ2v) is 7.40. The number of hydrogen-bond donors (Lipinski definition) is 1. The van der Waals surface area contributed by atoms with Gasteiger partial charge >= 0.3 is 0 Å². The van der Waals surface area contributed by atoms with E-state index in [1.807, 2.05) is 25.1 Å². The lowest BCUT2D eigenvalue weighted by Crippen LogP contribution is -2.55. The Morgan fingerprint density at radius 2 is 1.92 bits per heavy atom. The van der Waals surface area contributed by atoms with Crippen LogP contribution >= 0.6 is 0 Å². The molecule has 0 aromatic heterocycles. The quantitative estimate of drug-likeness (QED) is 0.847. The van der Waals surface area contributed by atoms with Gasteiger partial charge in [-0.2, -0.15) is 0 Å². The number of nitrogens with zero attached hydrogens (tertiary/aromatic N) is 1. The van der Waals surface area contributed by atoms with Crippen molar-refractivity contribution in [3.8, 4) is 11.5 Å². The van der Waals surface area contributed by atoms with Gasteiger partial charge in [-0.05, 0) is 43.9 Å². The van der Waals surface area contributed by atoms with Crippen LogP contribution in [0.15, 0.2) is 18.2 Å². The first kappa shape index (κ1) is 18.5. The van der Waals surface area contributed by atoms with Gasteiger partial charge in [-0.1, -0.05) is 18.9 Å². The van der Waals surface area contributed by atoms with Crippen LogP contribution in [0.3, 0.4) is 0 Å². The van der Waals surface area contributed by atoms with Crippen molar-refractivity contribution in [1.29, 1.82) is 0 Å². The molecule has 1 saturated heterocycles. The van der Waals surface area contributed by atoms with E-state index in [9.17, 15) is 9.59 Å². The number of methoxy groups -OCH3 is 2. The second-order valence-electron chi connectivity index (χ2n) is 7.40. The SMILES string of the molecule is COc1ccc(CN2C(=O)CC[C@@]2(C)C(=O)NC2CCCC2)cc1OC. The summed E-state index contributed by atoms with van der Waals surface area (Å²) < 4.78 is 10.6. The maximum atomic E-state index is 12.9. The molecule has 1 aromatic rings. The molecular formula is C20H28N2O4. The minimum atomic E-state index is -0.799. The number of likely N-dealkylation sites (tertiary alicyclic amines) is 1. The molecule has 2 fully saturated rings. The molecule has 1 N–H and O–H groups in total. The second kappa shape index (κ2) is 7.56. The van der Waals surface area contributed by atoms with Gasteiger partial charge in [0, 0.05) is 19.0 Å². The van der Waals surface area contributed by atoms with E-state index in [0.717, 1.165) is 31.2 Å². The van der Waals surface area contributed by atoms with E-state index in [1.165, 1.54) is 0 Å². The normalized spacial score (nSPS) is 23.3. The lowest BCUT2D eigenvalue weighted by atomic mass is 9.96. The standard InChI is InChI=1S/C20H28N2O4/c1-20(19(24)21-15-6-4-5-7-15)11-10-18(23)22(20)13-14-8-9-16(25-2)17(12-14)26-3/h8-9,12,15H,4-7,10-11,13H2,1-3H3,(H,21,24)/t20-/m0/s1. The van der Waals surface area contributed by atoms with Crippen molar-refractivity contribution < 1.29 is 19.1 Å². The first-order chi connectivity index (χ1) is 12.5. The number of carbonyl (C=O) groups is 2. The predicted molar refractivity (Wildman–Crippen MR) is 98.1 cm³/mol. The number of hydrogen-bond acceptors (Lipinski definition) is 4. The van der Waals surface area contributed by atoms with Gasteiger partial charge in [0.2, 0.25) is 11.8 Å². The summed E-state index contributed by atoms with van der Waals surface area (Å²) >= 11 is 0. The first-order valence-electron chi connectivity index (χ1n) is 9.30. The Bertz CT molecular complexity index is 684. The summed E-state index contributed by atoms with van der Waals surface area (Å²) in [6.07, 6.45) is 5.35. The Labute approximate surface area is 154 Å². The predicted octanol–water partition coefficient (Wildman–Crippen LogP) is 2.64. The largest absolute Gasteiger partial charge is 0.493 e. The lowest BCUT2D eigenvalue weighted by Gasteiger charge is -2.35. The van der Waals surface area contributed by atoms with E-state index in [2.05, 4.69) is 5.32 Å². The van der Waals surface area contributed by atoms with Gasteiger partial charge in [0.05, 0.1) is 14.2 Å². The monoisotopic (exact) mass is 360 g/mol. The van der Waals surface area contributed by atoms with Crippen molar-refractivity contribution in [1.82, 2.24) is 10.2 Å². The van der Waals surface area contributed by atoms with Gasteiger partial charge in [0.1, 0.15) is 5.54 Å². The summed E-state index contributed by atoms with van der Waals surface area (Å²) in [5, 5.41) is 3.16. The third-order valence-corrected chi connectivity index (χ3v) is 5.69. The van der Waals surface area contributed by atoms with E-state index in [4.69, 9.17) is 9.47 Å². The molecule has 142 valence electrons. The number of amides is 2. The molecule has 26 heavy (non-hydrogen) atoms. The Hall–Kier alpha value is -2.24. The molecule has 0 bridgehead atoms. The molecule has 6 nitrogen and oxygen atoms in total. The Kier molecular flexibility index (Phi) is 5.39. The van der Waals surface area contributed by atoms with Gasteiger partial charge in [-0.25, -0.2) is 0 Å². The van der Waals surface area contributed by atoms with Crippen molar-refractivity contribution in [3.05, 3.63) is 23.8 Å². The number of ether oxygens (including phenoxy) is 2. The van der Waals surface area contributed by atoms with Crippen LogP contribution in [0.25, 0.3) is 0 Å². The molecule has 2 aliphatic rings. The summed E-state index contributed by atoms with van der Waals surface area (Å²) in [7, 11) is 3.17. The van der Waals surface area contributed by atoms with E-state index >= 15 is 0 Å². The van der Waals surface area contributed by atoms with Crippen molar-refractivity contribution >= 4 is 11.8 Å². The molecule has 1 aliphatic carbocycles. The number of rotatable bonds is 6. The molecule has 1 aromatic carbocycles. The third kappa shape index (κ3) is 3.50. The van der Waals surface area contributed by atoms with Crippen LogP contribution in [0.1, 0.15) is 51.0 Å². The van der Waals surface area contributed by atoms with Gasteiger partial charge in [0.15, 0.2) is 11.5 Å². The molecule has 3 rings (SSSR count). The minimum absolute atomic E-state index is 0.0175. The number of benzene rings is 1. The fourth-order valence-corrected chi connectivity index (χ4v) is 3.97. The fraction of sp³-hybridized carbons (Fsp3) is 0.600. The maximum absolute atomic E-state index is 12.9. The summed E-state index contributed by atoms with van der Waals surface area (Å²) in [4.78, 5) is 27.2. The van der Waals surface area contributed by atoms with Gasteiger partial charge < -0.3 is 19.7 Å². The van der Waals surface area contributed by atoms with E-state index in [-0.39, 0.29) is 17.9 Å².